The lowest BCUT2D eigenvalue weighted by atomic mass is 10.1. The first-order valence-electron chi connectivity index (χ1n) is 7.68. The Kier molecular flexibility index (Phi) is 4.36. The van der Waals surface area contributed by atoms with Crippen molar-refractivity contribution in [2.24, 2.45) is 5.92 Å². The number of hydrogen-bond donors (Lipinski definition) is 1. The van der Waals surface area contributed by atoms with Crippen molar-refractivity contribution in [2.45, 2.75) is 13.3 Å². The van der Waals surface area contributed by atoms with Crippen molar-refractivity contribution < 1.29 is 9.59 Å². The number of carbonyl (C=O) groups is 2. The van der Waals surface area contributed by atoms with E-state index in [4.69, 9.17) is 0 Å². The maximum atomic E-state index is 12.3. The Balaban J connectivity index is 1.61. The zero-order valence-electron chi connectivity index (χ0n) is 13.0. The summed E-state index contributed by atoms with van der Waals surface area (Å²) in [5.41, 5.74) is 1.41. The van der Waals surface area contributed by atoms with Gasteiger partial charge in [0.05, 0.1) is 0 Å². The van der Waals surface area contributed by atoms with E-state index in [0.29, 0.717) is 18.5 Å². The number of carbonyl (C=O) groups excluding carboxylic acids is 2. The van der Waals surface area contributed by atoms with E-state index in [2.05, 4.69) is 15.5 Å². The minimum Gasteiger partial charge on any atom is -0.352 e. The molecule has 7 nitrogen and oxygen atoms in total. The van der Waals surface area contributed by atoms with Gasteiger partial charge in [-0.15, -0.1) is 10.2 Å². The molecule has 1 saturated heterocycles. The van der Waals surface area contributed by atoms with Gasteiger partial charge in [-0.2, -0.15) is 0 Å². The van der Waals surface area contributed by atoms with Crippen molar-refractivity contribution in [3.05, 3.63) is 42.5 Å². The fourth-order valence-corrected chi connectivity index (χ4v) is 2.78. The van der Waals surface area contributed by atoms with Crippen molar-refractivity contribution >= 4 is 11.8 Å². The van der Waals surface area contributed by atoms with Crippen molar-refractivity contribution in [2.75, 3.05) is 19.6 Å². The van der Waals surface area contributed by atoms with Crippen molar-refractivity contribution in [3.63, 3.8) is 0 Å². The highest BCUT2D eigenvalue weighted by Crippen LogP contribution is 2.16. The standard InChI is InChI=1S/C16H19N5O2/c1-2-20-9-12(6-15(20)22)8-17-16(23)13-4-3-5-14(7-13)21-10-18-19-11-21/h3-5,7,10-12H,2,6,8-9H2,1H3,(H,17,23)/t12-/m1/s1. The van der Waals surface area contributed by atoms with Gasteiger partial charge in [0, 0.05) is 43.2 Å². The Bertz CT molecular complexity index is 698. The first-order chi connectivity index (χ1) is 11.2. The molecule has 1 aromatic carbocycles. The molecule has 1 aromatic heterocycles. The van der Waals surface area contributed by atoms with Crippen LogP contribution >= 0.6 is 0 Å². The van der Waals surface area contributed by atoms with Gasteiger partial charge in [0.15, 0.2) is 0 Å². The number of rotatable bonds is 5. The minimum atomic E-state index is -0.137. The number of likely N-dealkylation sites (tertiary alicyclic amines) is 1. The zero-order valence-corrected chi connectivity index (χ0v) is 13.0. The molecule has 2 aromatic rings. The van der Waals surface area contributed by atoms with Crippen LogP contribution in [0.15, 0.2) is 36.9 Å². The Morgan fingerprint density at radius 3 is 2.83 bits per heavy atom. The Labute approximate surface area is 134 Å². The maximum Gasteiger partial charge on any atom is 0.251 e. The third-order valence-electron chi connectivity index (χ3n) is 4.05. The molecular weight excluding hydrogens is 294 g/mol. The van der Waals surface area contributed by atoms with Crippen LogP contribution in [-0.2, 0) is 4.79 Å². The van der Waals surface area contributed by atoms with E-state index in [1.165, 1.54) is 0 Å². The number of amides is 2. The molecular formula is C16H19N5O2. The molecule has 0 radical (unpaired) electrons. The maximum absolute atomic E-state index is 12.3. The van der Waals surface area contributed by atoms with Crippen LogP contribution in [0, 0.1) is 5.92 Å². The molecule has 1 N–H and O–H groups in total. The largest absolute Gasteiger partial charge is 0.352 e. The molecule has 120 valence electrons. The van der Waals surface area contributed by atoms with Crippen LogP contribution < -0.4 is 5.32 Å². The number of nitrogens with one attached hydrogen (secondary N) is 1. The summed E-state index contributed by atoms with van der Waals surface area (Å²) in [5, 5.41) is 10.4. The van der Waals surface area contributed by atoms with E-state index < -0.39 is 0 Å². The summed E-state index contributed by atoms with van der Waals surface area (Å²) in [5.74, 6) is 0.219. The molecule has 0 spiro atoms. The highest BCUT2D eigenvalue weighted by Gasteiger charge is 2.28. The Morgan fingerprint density at radius 1 is 1.35 bits per heavy atom. The third-order valence-corrected chi connectivity index (χ3v) is 4.05. The molecule has 23 heavy (non-hydrogen) atoms. The van der Waals surface area contributed by atoms with Crippen LogP contribution in [-0.4, -0.2) is 51.1 Å². The normalized spacial score (nSPS) is 17.5. The number of aromatic nitrogens is 3. The minimum absolute atomic E-state index is 0.137. The quantitative estimate of drug-likeness (QED) is 0.888. The first kappa shape index (κ1) is 15.2. The molecule has 7 heteroatoms. The van der Waals surface area contributed by atoms with Crippen LogP contribution in [0.25, 0.3) is 5.69 Å². The molecule has 1 aliphatic heterocycles. The first-order valence-corrected chi connectivity index (χ1v) is 7.68. The van der Waals surface area contributed by atoms with Crippen molar-refractivity contribution in [3.8, 4) is 5.69 Å². The molecule has 1 aliphatic rings. The van der Waals surface area contributed by atoms with Gasteiger partial charge >= 0.3 is 0 Å². The zero-order chi connectivity index (χ0) is 16.2. The topological polar surface area (TPSA) is 80.1 Å². The Hall–Kier alpha value is -2.70. The lowest BCUT2D eigenvalue weighted by Crippen LogP contribution is -2.31. The van der Waals surface area contributed by atoms with Gasteiger partial charge < -0.3 is 10.2 Å². The fourth-order valence-electron chi connectivity index (χ4n) is 2.78. The van der Waals surface area contributed by atoms with Gasteiger partial charge in [0.25, 0.3) is 5.91 Å². The molecule has 0 bridgehead atoms. The van der Waals surface area contributed by atoms with Gasteiger partial charge in [0.1, 0.15) is 12.7 Å². The van der Waals surface area contributed by atoms with Crippen molar-refractivity contribution in [1.29, 1.82) is 0 Å². The molecule has 1 atom stereocenters. The number of nitrogens with zero attached hydrogens (tertiary/aromatic N) is 4. The summed E-state index contributed by atoms with van der Waals surface area (Å²) < 4.78 is 1.74. The summed E-state index contributed by atoms with van der Waals surface area (Å²) in [6.45, 7) is 3.92. The summed E-state index contributed by atoms with van der Waals surface area (Å²) in [6, 6.07) is 7.26. The second-order valence-corrected chi connectivity index (χ2v) is 5.63. The highest BCUT2D eigenvalue weighted by atomic mass is 16.2. The van der Waals surface area contributed by atoms with E-state index in [0.717, 1.165) is 18.8 Å². The van der Waals surface area contributed by atoms with E-state index in [-0.39, 0.29) is 17.7 Å². The monoisotopic (exact) mass is 313 g/mol. The van der Waals surface area contributed by atoms with Crippen LogP contribution in [0.4, 0.5) is 0 Å². The molecule has 3 rings (SSSR count). The predicted octanol–water partition coefficient (Wildman–Crippen LogP) is 0.865. The van der Waals surface area contributed by atoms with E-state index in [1.54, 1.807) is 29.4 Å². The van der Waals surface area contributed by atoms with Gasteiger partial charge in [-0.25, -0.2) is 0 Å². The van der Waals surface area contributed by atoms with Crippen LogP contribution in [0.2, 0.25) is 0 Å². The van der Waals surface area contributed by atoms with Gasteiger partial charge in [-0.3, -0.25) is 14.2 Å². The SMILES string of the molecule is CCN1C[C@@H](CNC(=O)c2cccc(-n3cnnc3)c2)CC1=O. The van der Waals surface area contributed by atoms with Gasteiger partial charge in [-0.05, 0) is 25.1 Å². The summed E-state index contributed by atoms with van der Waals surface area (Å²) in [7, 11) is 0. The van der Waals surface area contributed by atoms with E-state index in [9.17, 15) is 9.59 Å². The molecule has 0 aliphatic carbocycles. The van der Waals surface area contributed by atoms with E-state index in [1.807, 2.05) is 24.0 Å². The molecule has 0 saturated carbocycles. The highest BCUT2D eigenvalue weighted by molar-refractivity contribution is 5.94. The van der Waals surface area contributed by atoms with Gasteiger partial charge in [0.2, 0.25) is 5.91 Å². The fraction of sp³-hybridized carbons (Fsp3) is 0.375. The molecule has 1 fully saturated rings. The second-order valence-electron chi connectivity index (χ2n) is 5.63. The number of benzene rings is 1. The van der Waals surface area contributed by atoms with Gasteiger partial charge in [-0.1, -0.05) is 6.07 Å². The lowest BCUT2D eigenvalue weighted by Gasteiger charge is -2.14. The predicted molar refractivity (Wildman–Crippen MR) is 84.1 cm³/mol. The molecule has 2 amide bonds. The Morgan fingerprint density at radius 2 is 2.13 bits per heavy atom. The molecule has 2 heterocycles. The third kappa shape index (κ3) is 3.39. The summed E-state index contributed by atoms with van der Waals surface area (Å²) in [4.78, 5) is 25.8. The van der Waals surface area contributed by atoms with Crippen LogP contribution in [0.1, 0.15) is 23.7 Å². The summed E-state index contributed by atoms with van der Waals surface area (Å²) in [6.07, 6.45) is 3.68. The van der Waals surface area contributed by atoms with Crippen molar-refractivity contribution in [1.82, 2.24) is 25.0 Å². The van der Waals surface area contributed by atoms with E-state index >= 15 is 0 Å². The van der Waals surface area contributed by atoms with Crippen LogP contribution in [0.5, 0.6) is 0 Å². The second kappa shape index (κ2) is 6.60. The molecule has 0 unspecified atom stereocenters. The summed E-state index contributed by atoms with van der Waals surface area (Å²) >= 11 is 0. The number of hydrogen-bond acceptors (Lipinski definition) is 4. The lowest BCUT2D eigenvalue weighted by molar-refractivity contribution is -0.127. The van der Waals surface area contributed by atoms with Crippen LogP contribution in [0.3, 0.4) is 0 Å². The smallest absolute Gasteiger partial charge is 0.251 e. The average Bonchev–Trinajstić information content (AvgIpc) is 3.22. The average molecular weight is 313 g/mol.